The first kappa shape index (κ1) is 17.3. The van der Waals surface area contributed by atoms with Gasteiger partial charge < -0.3 is 9.47 Å². The van der Waals surface area contributed by atoms with Crippen LogP contribution in [0.4, 0.5) is 0 Å². The van der Waals surface area contributed by atoms with Crippen LogP contribution in [0.1, 0.15) is 16.7 Å². The molecule has 0 heterocycles. The van der Waals surface area contributed by atoms with Crippen LogP contribution in [0.5, 0.6) is 11.5 Å². The Bertz CT molecular complexity index is 800. The molecular formula is C17H21NO4S. The lowest BCUT2D eigenvalue weighted by Crippen LogP contribution is -2.24. The van der Waals surface area contributed by atoms with Crippen molar-refractivity contribution in [3.05, 3.63) is 53.1 Å². The second-order valence-corrected chi connectivity index (χ2v) is 7.03. The Morgan fingerprint density at radius 2 is 1.48 bits per heavy atom. The Labute approximate surface area is 137 Å². The molecular weight excluding hydrogens is 314 g/mol. The maximum atomic E-state index is 12.6. The van der Waals surface area contributed by atoms with Gasteiger partial charge in [0.2, 0.25) is 10.0 Å². The van der Waals surface area contributed by atoms with Crippen molar-refractivity contribution < 1.29 is 17.9 Å². The van der Waals surface area contributed by atoms with Gasteiger partial charge in [0.1, 0.15) is 16.4 Å². The Kier molecular flexibility index (Phi) is 5.28. The van der Waals surface area contributed by atoms with E-state index in [1.165, 1.54) is 7.11 Å². The fourth-order valence-electron chi connectivity index (χ4n) is 2.29. The molecule has 0 amide bonds. The van der Waals surface area contributed by atoms with Crippen molar-refractivity contribution in [3.63, 3.8) is 0 Å². The molecule has 0 saturated carbocycles. The summed E-state index contributed by atoms with van der Waals surface area (Å²) in [5, 5.41) is 0. The van der Waals surface area contributed by atoms with Crippen LogP contribution in [-0.4, -0.2) is 22.6 Å². The molecule has 0 radical (unpaired) electrons. The van der Waals surface area contributed by atoms with E-state index >= 15 is 0 Å². The minimum atomic E-state index is -3.69. The van der Waals surface area contributed by atoms with Crippen molar-refractivity contribution in [1.82, 2.24) is 4.72 Å². The van der Waals surface area contributed by atoms with E-state index in [1.807, 2.05) is 32.0 Å². The third-order valence-corrected chi connectivity index (χ3v) is 4.92. The van der Waals surface area contributed by atoms with Crippen LogP contribution in [-0.2, 0) is 16.6 Å². The van der Waals surface area contributed by atoms with Gasteiger partial charge >= 0.3 is 0 Å². The van der Waals surface area contributed by atoms with Crippen molar-refractivity contribution in [1.29, 1.82) is 0 Å². The summed E-state index contributed by atoms with van der Waals surface area (Å²) in [6, 6.07) is 10.7. The summed E-state index contributed by atoms with van der Waals surface area (Å²) < 4.78 is 38.2. The molecule has 0 aliphatic heterocycles. The van der Waals surface area contributed by atoms with E-state index in [9.17, 15) is 8.42 Å². The summed E-state index contributed by atoms with van der Waals surface area (Å²) in [4.78, 5) is 0.131. The molecule has 2 aromatic rings. The molecule has 0 fully saturated rings. The van der Waals surface area contributed by atoms with Gasteiger partial charge in [-0.1, -0.05) is 23.8 Å². The zero-order chi connectivity index (χ0) is 17.0. The fraction of sp³-hybridized carbons (Fsp3) is 0.294. The van der Waals surface area contributed by atoms with Crippen LogP contribution in [0.3, 0.4) is 0 Å². The van der Waals surface area contributed by atoms with Gasteiger partial charge in [0.05, 0.1) is 14.2 Å². The molecule has 0 aliphatic carbocycles. The van der Waals surface area contributed by atoms with Gasteiger partial charge in [-0.05, 0) is 37.6 Å². The molecule has 0 spiro atoms. The van der Waals surface area contributed by atoms with Gasteiger partial charge in [-0.2, -0.15) is 0 Å². The Morgan fingerprint density at radius 3 is 2.09 bits per heavy atom. The molecule has 5 nitrogen and oxygen atoms in total. The standard InChI is InChI=1S/C17H21NO4S/c1-12-5-7-15(21-3)14(9-12)11-18-23(19,20)17-10-13(2)6-8-16(17)22-4/h5-10,18H,11H2,1-4H3. The summed E-state index contributed by atoms with van der Waals surface area (Å²) in [7, 11) is -0.679. The number of aryl methyl sites for hydroxylation is 2. The van der Waals surface area contributed by atoms with E-state index in [0.29, 0.717) is 11.5 Å². The first-order valence-electron chi connectivity index (χ1n) is 7.15. The van der Waals surface area contributed by atoms with E-state index in [4.69, 9.17) is 9.47 Å². The topological polar surface area (TPSA) is 64.6 Å². The first-order chi connectivity index (χ1) is 10.9. The van der Waals surface area contributed by atoms with Gasteiger partial charge in [-0.25, -0.2) is 13.1 Å². The van der Waals surface area contributed by atoms with Crippen molar-refractivity contribution in [3.8, 4) is 11.5 Å². The highest BCUT2D eigenvalue weighted by Gasteiger charge is 2.20. The monoisotopic (exact) mass is 335 g/mol. The molecule has 0 unspecified atom stereocenters. The lowest BCUT2D eigenvalue weighted by atomic mass is 10.1. The van der Waals surface area contributed by atoms with Gasteiger partial charge in [-0.3, -0.25) is 0 Å². The molecule has 6 heteroatoms. The summed E-state index contributed by atoms with van der Waals surface area (Å²) in [6.07, 6.45) is 0. The fourth-order valence-corrected chi connectivity index (χ4v) is 3.55. The predicted octanol–water partition coefficient (Wildman–Crippen LogP) is 2.80. The molecule has 1 N–H and O–H groups in total. The number of rotatable bonds is 6. The van der Waals surface area contributed by atoms with Crippen LogP contribution < -0.4 is 14.2 Å². The molecule has 0 saturated heterocycles. The van der Waals surface area contributed by atoms with Gasteiger partial charge in [0.25, 0.3) is 0 Å². The molecule has 0 aromatic heterocycles. The summed E-state index contributed by atoms with van der Waals surface area (Å²) >= 11 is 0. The predicted molar refractivity (Wildman–Crippen MR) is 89.5 cm³/mol. The van der Waals surface area contributed by atoms with Gasteiger partial charge in [0.15, 0.2) is 0 Å². The van der Waals surface area contributed by atoms with Crippen molar-refractivity contribution in [2.45, 2.75) is 25.3 Å². The minimum absolute atomic E-state index is 0.131. The Hall–Kier alpha value is -2.05. The average Bonchev–Trinajstić information content (AvgIpc) is 2.53. The van der Waals surface area contributed by atoms with E-state index in [0.717, 1.165) is 16.7 Å². The number of benzene rings is 2. The lowest BCUT2D eigenvalue weighted by molar-refractivity contribution is 0.402. The second-order valence-electron chi connectivity index (χ2n) is 5.29. The molecule has 0 bridgehead atoms. The average molecular weight is 335 g/mol. The number of sulfonamides is 1. The van der Waals surface area contributed by atoms with Crippen molar-refractivity contribution in [2.75, 3.05) is 14.2 Å². The maximum absolute atomic E-state index is 12.6. The summed E-state index contributed by atoms with van der Waals surface area (Å²) in [6.45, 7) is 3.92. The molecule has 124 valence electrons. The highest BCUT2D eigenvalue weighted by Crippen LogP contribution is 2.25. The molecule has 0 atom stereocenters. The third kappa shape index (κ3) is 4.03. The van der Waals surface area contributed by atoms with Crippen LogP contribution in [0.15, 0.2) is 41.3 Å². The largest absolute Gasteiger partial charge is 0.496 e. The molecule has 23 heavy (non-hydrogen) atoms. The molecule has 0 aliphatic rings. The van der Waals surface area contributed by atoms with Gasteiger partial charge in [0, 0.05) is 12.1 Å². The van der Waals surface area contributed by atoms with Crippen LogP contribution in [0, 0.1) is 13.8 Å². The van der Waals surface area contributed by atoms with E-state index in [2.05, 4.69) is 4.72 Å². The highest BCUT2D eigenvalue weighted by molar-refractivity contribution is 7.89. The number of nitrogens with one attached hydrogen (secondary N) is 1. The van der Waals surface area contributed by atoms with E-state index < -0.39 is 10.0 Å². The summed E-state index contributed by atoms with van der Waals surface area (Å²) in [5.41, 5.74) is 2.66. The normalized spacial score (nSPS) is 11.3. The second kappa shape index (κ2) is 7.02. The SMILES string of the molecule is COc1ccc(C)cc1CNS(=O)(=O)c1cc(C)ccc1OC. The lowest BCUT2D eigenvalue weighted by Gasteiger charge is -2.13. The van der Waals surface area contributed by atoms with Crippen LogP contribution >= 0.6 is 0 Å². The van der Waals surface area contributed by atoms with Crippen LogP contribution in [0.2, 0.25) is 0 Å². The quantitative estimate of drug-likeness (QED) is 0.882. The number of hydrogen-bond donors (Lipinski definition) is 1. The number of methoxy groups -OCH3 is 2. The molecule has 2 rings (SSSR count). The van der Waals surface area contributed by atoms with Crippen molar-refractivity contribution >= 4 is 10.0 Å². The van der Waals surface area contributed by atoms with E-state index in [-0.39, 0.29) is 11.4 Å². The third-order valence-electron chi connectivity index (χ3n) is 3.50. The minimum Gasteiger partial charge on any atom is -0.496 e. The summed E-state index contributed by atoms with van der Waals surface area (Å²) in [5.74, 6) is 0.966. The zero-order valence-electron chi connectivity index (χ0n) is 13.7. The zero-order valence-corrected chi connectivity index (χ0v) is 14.5. The van der Waals surface area contributed by atoms with E-state index in [1.54, 1.807) is 25.3 Å². The first-order valence-corrected chi connectivity index (χ1v) is 8.63. The van der Waals surface area contributed by atoms with Crippen molar-refractivity contribution in [2.24, 2.45) is 0 Å². The Balaban J connectivity index is 2.30. The Morgan fingerprint density at radius 1 is 0.913 bits per heavy atom. The number of hydrogen-bond acceptors (Lipinski definition) is 4. The van der Waals surface area contributed by atoms with Crippen LogP contribution in [0.25, 0.3) is 0 Å². The van der Waals surface area contributed by atoms with Gasteiger partial charge in [-0.15, -0.1) is 0 Å². The highest BCUT2D eigenvalue weighted by atomic mass is 32.2. The number of ether oxygens (including phenoxy) is 2. The smallest absolute Gasteiger partial charge is 0.244 e. The maximum Gasteiger partial charge on any atom is 0.244 e. The molecule has 2 aromatic carbocycles.